The standard InChI is InChI=1S/C15H20F3N3O2S/c16-15(17,18)13-6-12(1-2-14(13)24(19,22)23)21-8-10-3-4-20-7-11(5-10)9-21/h1-2,6,10-11,20H,3-5,7-9H2,(H2,19,22,23). The Balaban J connectivity index is 1.97. The zero-order valence-electron chi connectivity index (χ0n) is 13.0. The minimum Gasteiger partial charge on any atom is -0.371 e. The Hall–Kier alpha value is -1.32. The highest BCUT2D eigenvalue weighted by atomic mass is 32.2. The lowest BCUT2D eigenvalue weighted by atomic mass is 9.88. The van der Waals surface area contributed by atoms with Crippen molar-refractivity contribution < 1.29 is 21.6 Å². The molecule has 2 aliphatic rings. The lowest BCUT2D eigenvalue weighted by molar-refractivity contribution is -0.139. The van der Waals surface area contributed by atoms with Crippen LogP contribution in [-0.2, 0) is 16.2 Å². The van der Waals surface area contributed by atoms with E-state index < -0.39 is 26.7 Å². The number of primary sulfonamides is 1. The third kappa shape index (κ3) is 3.68. The smallest absolute Gasteiger partial charge is 0.371 e. The highest BCUT2D eigenvalue weighted by Gasteiger charge is 2.38. The lowest BCUT2D eigenvalue weighted by Crippen LogP contribution is -2.41. The van der Waals surface area contributed by atoms with Gasteiger partial charge in [-0.3, -0.25) is 0 Å². The first-order valence-electron chi connectivity index (χ1n) is 7.84. The Kier molecular flexibility index (Phi) is 4.52. The van der Waals surface area contributed by atoms with Crippen LogP contribution in [0.3, 0.4) is 0 Å². The van der Waals surface area contributed by atoms with Crippen LogP contribution in [0.1, 0.15) is 18.4 Å². The van der Waals surface area contributed by atoms with E-state index in [0.29, 0.717) is 30.6 Å². The van der Waals surface area contributed by atoms with Crippen LogP contribution in [0.2, 0.25) is 0 Å². The van der Waals surface area contributed by atoms with Crippen LogP contribution in [0, 0.1) is 11.8 Å². The Bertz CT molecular complexity index is 707. The molecule has 2 unspecified atom stereocenters. The second kappa shape index (κ2) is 6.20. The van der Waals surface area contributed by atoms with Gasteiger partial charge < -0.3 is 10.2 Å². The highest BCUT2D eigenvalue weighted by molar-refractivity contribution is 7.89. The van der Waals surface area contributed by atoms with E-state index in [1.807, 2.05) is 4.90 Å². The normalized spacial score (nSPS) is 25.4. The number of rotatable bonds is 2. The first-order chi connectivity index (χ1) is 11.1. The second-order valence-corrected chi connectivity index (χ2v) is 8.12. The third-order valence-electron chi connectivity index (χ3n) is 4.73. The van der Waals surface area contributed by atoms with E-state index in [2.05, 4.69) is 5.32 Å². The number of nitrogens with one attached hydrogen (secondary N) is 1. The van der Waals surface area contributed by atoms with Gasteiger partial charge in [0.2, 0.25) is 10.0 Å². The quantitative estimate of drug-likeness (QED) is 0.840. The molecule has 24 heavy (non-hydrogen) atoms. The Morgan fingerprint density at radius 2 is 1.92 bits per heavy atom. The molecule has 1 aromatic carbocycles. The average Bonchev–Trinajstić information content (AvgIpc) is 2.65. The fourth-order valence-electron chi connectivity index (χ4n) is 3.68. The molecule has 134 valence electrons. The van der Waals surface area contributed by atoms with Gasteiger partial charge in [0, 0.05) is 18.8 Å². The summed E-state index contributed by atoms with van der Waals surface area (Å²) in [6.07, 6.45) is -2.71. The minimum absolute atomic E-state index is 0.388. The maximum Gasteiger partial charge on any atom is 0.417 e. The van der Waals surface area contributed by atoms with Crippen LogP contribution < -0.4 is 15.4 Å². The molecule has 0 radical (unpaired) electrons. The number of fused-ring (bicyclic) bond motifs is 2. The summed E-state index contributed by atoms with van der Waals surface area (Å²) in [6.45, 7) is 3.13. The van der Waals surface area contributed by atoms with Gasteiger partial charge in [0.25, 0.3) is 0 Å². The molecule has 2 bridgehead atoms. The van der Waals surface area contributed by atoms with Gasteiger partial charge in [0.1, 0.15) is 0 Å². The van der Waals surface area contributed by atoms with Gasteiger partial charge in [-0.05, 0) is 56.0 Å². The number of hydrogen-bond acceptors (Lipinski definition) is 4. The van der Waals surface area contributed by atoms with Gasteiger partial charge >= 0.3 is 6.18 Å². The molecule has 0 spiro atoms. The lowest BCUT2D eigenvalue weighted by Gasteiger charge is -2.38. The van der Waals surface area contributed by atoms with E-state index in [1.165, 1.54) is 6.07 Å². The summed E-state index contributed by atoms with van der Waals surface area (Å²) in [6, 6.07) is 3.29. The summed E-state index contributed by atoms with van der Waals surface area (Å²) in [5, 5.41) is 8.28. The molecule has 0 amide bonds. The predicted molar refractivity (Wildman–Crippen MR) is 84.1 cm³/mol. The molecule has 2 aliphatic heterocycles. The van der Waals surface area contributed by atoms with Crippen LogP contribution in [0.25, 0.3) is 0 Å². The van der Waals surface area contributed by atoms with E-state index in [1.54, 1.807) is 0 Å². The number of alkyl halides is 3. The predicted octanol–water partition coefficient (Wildman–Crippen LogP) is 1.79. The molecule has 1 aromatic rings. The summed E-state index contributed by atoms with van der Waals surface area (Å²) in [5.74, 6) is 0.824. The van der Waals surface area contributed by atoms with Crippen LogP contribution in [0.15, 0.2) is 23.1 Å². The fourth-order valence-corrected chi connectivity index (χ4v) is 4.42. The first kappa shape index (κ1) is 17.5. The zero-order valence-corrected chi connectivity index (χ0v) is 13.8. The molecule has 2 fully saturated rings. The van der Waals surface area contributed by atoms with E-state index in [0.717, 1.165) is 38.1 Å². The van der Waals surface area contributed by atoms with Crippen molar-refractivity contribution in [2.45, 2.75) is 23.9 Å². The largest absolute Gasteiger partial charge is 0.417 e. The van der Waals surface area contributed by atoms with Gasteiger partial charge in [-0.15, -0.1) is 0 Å². The topological polar surface area (TPSA) is 75.4 Å². The van der Waals surface area contributed by atoms with Crippen LogP contribution in [-0.4, -0.2) is 34.6 Å². The number of nitrogens with zero attached hydrogens (tertiary/aromatic N) is 1. The molecule has 2 atom stereocenters. The molecule has 0 saturated carbocycles. The molecule has 3 rings (SSSR count). The number of anilines is 1. The van der Waals surface area contributed by atoms with Crippen molar-refractivity contribution in [1.29, 1.82) is 0 Å². The van der Waals surface area contributed by atoms with Gasteiger partial charge in [-0.2, -0.15) is 13.2 Å². The maximum atomic E-state index is 13.3. The third-order valence-corrected chi connectivity index (χ3v) is 5.70. The number of halogens is 3. The summed E-state index contributed by atoms with van der Waals surface area (Å²) in [4.78, 5) is 1.04. The molecule has 9 heteroatoms. The fraction of sp³-hybridized carbons (Fsp3) is 0.600. The van der Waals surface area contributed by atoms with Crippen molar-refractivity contribution >= 4 is 15.7 Å². The van der Waals surface area contributed by atoms with Gasteiger partial charge in [0.15, 0.2) is 0 Å². The number of hydrogen-bond donors (Lipinski definition) is 2. The van der Waals surface area contributed by atoms with E-state index >= 15 is 0 Å². The molecule has 3 N–H and O–H groups in total. The summed E-state index contributed by atoms with van der Waals surface area (Å²) in [7, 11) is -4.43. The highest BCUT2D eigenvalue weighted by Crippen LogP contribution is 2.38. The van der Waals surface area contributed by atoms with Gasteiger partial charge in [-0.1, -0.05) is 0 Å². The molecular weight excluding hydrogens is 343 g/mol. The monoisotopic (exact) mass is 363 g/mol. The zero-order chi connectivity index (χ0) is 17.5. The first-order valence-corrected chi connectivity index (χ1v) is 9.39. The van der Waals surface area contributed by atoms with Crippen molar-refractivity contribution in [3.8, 4) is 0 Å². The van der Waals surface area contributed by atoms with Crippen molar-refractivity contribution in [3.05, 3.63) is 23.8 Å². The number of benzene rings is 1. The average molecular weight is 363 g/mol. The van der Waals surface area contributed by atoms with Crippen LogP contribution in [0.5, 0.6) is 0 Å². The van der Waals surface area contributed by atoms with Gasteiger partial charge in [0.05, 0.1) is 10.5 Å². The molecule has 0 aliphatic carbocycles. The molecule has 0 aromatic heterocycles. The van der Waals surface area contributed by atoms with Crippen LogP contribution in [0.4, 0.5) is 18.9 Å². The van der Waals surface area contributed by atoms with Gasteiger partial charge in [-0.25, -0.2) is 13.6 Å². The summed E-state index contributed by atoms with van der Waals surface area (Å²) >= 11 is 0. The summed E-state index contributed by atoms with van der Waals surface area (Å²) in [5.41, 5.74) is -0.805. The molecular formula is C15H20F3N3O2S. The molecule has 5 nitrogen and oxygen atoms in total. The molecule has 2 heterocycles. The van der Waals surface area contributed by atoms with Crippen LogP contribution >= 0.6 is 0 Å². The SMILES string of the molecule is NS(=O)(=O)c1ccc(N2CC3CCNCC(C3)C2)cc1C(F)(F)F. The summed E-state index contributed by atoms with van der Waals surface area (Å²) < 4.78 is 62.7. The molecule has 2 saturated heterocycles. The minimum atomic E-state index is -4.78. The number of nitrogens with two attached hydrogens (primary N) is 1. The second-order valence-electron chi connectivity index (χ2n) is 6.59. The Labute approximate surface area is 139 Å². The maximum absolute atomic E-state index is 13.3. The Morgan fingerprint density at radius 1 is 1.21 bits per heavy atom. The van der Waals surface area contributed by atoms with E-state index in [9.17, 15) is 21.6 Å². The Morgan fingerprint density at radius 3 is 2.58 bits per heavy atom. The van der Waals surface area contributed by atoms with E-state index in [4.69, 9.17) is 5.14 Å². The van der Waals surface area contributed by atoms with E-state index in [-0.39, 0.29) is 0 Å². The van der Waals surface area contributed by atoms with Crippen molar-refractivity contribution in [2.24, 2.45) is 17.0 Å². The van der Waals surface area contributed by atoms with Crippen molar-refractivity contribution in [1.82, 2.24) is 5.32 Å². The number of sulfonamides is 1. The number of piperidine rings is 1. The van der Waals surface area contributed by atoms with Crippen molar-refractivity contribution in [2.75, 3.05) is 31.1 Å². The van der Waals surface area contributed by atoms with Crippen molar-refractivity contribution in [3.63, 3.8) is 0 Å².